The summed E-state index contributed by atoms with van der Waals surface area (Å²) >= 11 is 6.24. The van der Waals surface area contributed by atoms with E-state index in [0.717, 1.165) is 26.2 Å². The zero-order valence-electron chi connectivity index (χ0n) is 14.9. The van der Waals surface area contributed by atoms with Crippen molar-refractivity contribution in [1.82, 2.24) is 15.5 Å². The predicted molar refractivity (Wildman–Crippen MR) is 99.1 cm³/mol. The van der Waals surface area contributed by atoms with Crippen LogP contribution in [0.2, 0.25) is 5.02 Å². The summed E-state index contributed by atoms with van der Waals surface area (Å²) in [5, 5.41) is 9.36. The molecule has 2 heterocycles. The van der Waals surface area contributed by atoms with E-state index in [1.54, 1.807) is 18.2 Å². The van der Waals surface area contributed by atoms with Gasteiger partial charge in [-0.15, -0.1) is 0 Å². The fourth-order valence-corrected chi connectivity index (χ4v) is 3.66. The highest BCUT2D eigenvalue weighted by atomic mass is 35.5. The Bertz CT molecular complexity index is 674. The first-order valence-electron chi connectivity index (χ1n) is 8.61. The van der Waals surface area contributed by atoms with Crippen molar-refractivity contribution in [2.24, 2.45) is 11.8 Å². The zero-order valence-corrected chi connectivity index (χ0v) is 15.6. The van der Waals surface area contributed by atoms with Crippen LogP contribution < -0.4 is 16.0 Å². The molecular weight excluding hydrogens is 340 g/mol. The van der Waals surface area contributed by atoms with Gasteiger partial charge in [-0.2, -0.15) is 0 Å². The molecule has 2 saturated heterocycles. The van der Waals surface area contributed by atoms with Crippen LogP contribution in [0.5, 0.6) is 0 Å². The van der Waals surface area contributed by atoms with Gasteiger partial charge in [0.15, 0.2) is 0 Å². The number of carbonyl (C=O) groups excluding carboxylic acids is 2. The molecule has 0 aliphatic carbocycles. The van der Waals surface area contributed by atoms with Crippen LogP contribution in [0.15, 0.2) is 18.2 Å². The number of halogens is 1. The molecule has 0 unspecified atom stereocenters. The second-order valence-electron chi connectivity index (χ2n) is 7.91. The van der Waals surface area contributed by atoms with Crippen molar-refractivity contribution in [3.05, 3.63) is 28.8 Å². The Morgan fingerprint density at radius 1 is 1.20 bits per heavy atom. The number of nitrogens with one attached hydrogen (secondary N) is 3. The molecular formula is C18H25ClN4O2. The minimum Gasteiger partial charge on any atom is -0.338 e. The molecule has 0 spiro atoms. The molecule has 3 rings (SSSR count). The summed E-state index contributed by atoms with van der Waals surface area (Å²) in [5.41, 5.74) is 0.648. The molecule has 6 nitrogen and oxygen atoms in total. The van der Waals surface area contributed by atoms with Crippen molar-refractivity contribution >= 4 is 29.2 Å². The van der Waals surface area contributed by atoms with Crippen molar-refractivity contribution in [2.75, 3.05) is 31.5 Å². The first-order valence-corrected chi connectivity index (χ1v) is 8.99. The quantitative estimate of drug-likeness (QED) is 0.755. The van der Waals surface area contributed by atoms with E-state index in [-0.39, 0.29) is 17.5 Å². The van der Waals surface area contributed by atoms with Crippen LogP contribution in [-0.4, -0.2) is 48.6 Å². The van der Waals surface area contributed by atoms with Crippen LogP contribution in [0.3, 0.4) is 0 Å². The Morgan fingerprint density at radius 3 is 2.44 bits per heavy atom. The predicted octanol–water partition coefficient (Wildman–Crippen LogP) is 2.55. The molecule has 3 amide bonds. The SMILES string of the molecule is CC(C)(C)NC(=O)Nc1ccc(Cl)c(C(=O)N2C[C@H]3CNC[C@H]3C2)c1. The highest BCUT2D eigenvalue weighted by Gasteiger charge is 2.38. The van der Waals surface area contributed by atoms with Gasteiger partial charge < -0.3 is 20.9 Å². The monoisotopic (exact) mass is 364 g/mol. The molecule has 2 atom stereocenters. The van der Waals surface area contributed by atoms with E-state index in [0.29, 0.717) is 28.1 Å². The summed E-state index contributed by atoms with van der Waals surface area (Å²) in [6, 6.07) is 4.69. The molecule has 1 aromatic carbocycles. The Labute approximate surface area is 153 Å². The van der Waals surface area contributed by atoms with Crippen LogP contribution >= 0.6 is 11.6 Å². The average molecular weight is 365 g/mol. The Kier molecular flexibility index (Phi) is 4.93. The Hall–Kier alpha value is -1.79. The molecule has 0 radical (unpaired) electrons. The molecule has 25 heavy (non-hydrogen) atoms. The van der Waals surface area contributed by atoms with Gasteiger partial charge >= 0.3 is 6.03 Å². The summed E-state index contributed by atoms with van der Waals surface area (Å²) in [4.78, 5) is 26.8. The van der Waals surface area contributed by atoms with Crippen molar-refractivity contribution in [2.45, 2.75) is 26.3 Å². The number of benzene rings is 1. The van der Waals surface area contributed by atoms with Gasteiger partial charge in [0.05, 0.1) is 10.6 Å². The van der Waals surface area contributed by atoms with E-state index >= 15 is 0 Å². The number of hydrogen-bond acceptors (Lipinski definition) is 3. The van der Waals surface area contributed by atoms with Crippen molar-refractivity contribution < 1.29 is 9.59 Å². The van der Waals surface area contributed by atoms with Gasteiger partial charge in [0, 0.05) is 37.4 Å². The number of amides is 3. The van der Waals surface area contributed by atoms with Gasteiger partial charge in [-0.05, 0) is 50.8 Å². The molecule has 0 aromatic heterocycles. The molecule has 0 bridgehead atoms. The lowest BCUT2D eigenvalue weighted by Gasteiger charge is -2.21. The Morgan fingerprint density at radius 2 is 1.84 bits per heavy atom. The lowest BCUT2D eigenvalue weighted by molar-refractivity contribution is 0.0782. The van der Waals surface area contributed by atoms with Crippen LogP contribution in [0.4, 0.5) is 10.5 Å². The summed E-state index contributed by atoms with van der Waals surface area (Å²) in [5.74, 6) is 0.988. The number of carbonyl (C=O) groups is 2. The largest absolute Gasteiger partial charge is 0.338 e. The smallest absolute Gasteiger partial charge is 0.319 e. The normalized spacial score (nSPS) is 22.6. The van der Waals surface area contributed by atoms with E-state index < -0.39 is 0 Å². The molecule has 136 valence electrons. The van der Waals surface area contributed by atoms with Gasteiger partial charge in [0.25, 0.3) is 5.91 Å². The molecule has 1 aromatic rings. The van der Waals surface area contributed by atoms with Gasteiger partial charge in [0.2, 0.25) is 0 Å². The molecule has 3 N–H and O–H groups in total. The summed E-state index contributed by atoms with van der Waals surface area (Å²) < 4.78 is 0. The van der Waals surface area contributed by atoms with Crippen molar-refractivity contribution in [3.8, 4) is 0 Å². The van der Waals surface area contributed by atoms with Crippen LogP contribution in [0.1, 0.15) is 31.1 Å². The van der Waals surface area contributed by atoms with Crippen LogP contribution in [0.25, 0.3) is 0 Å². The zero-order chi connectivity index (χ0) is 18.2. The first-order chi connectivity index (χ1) is 11.7. The van der Waals surface area contributed by atoms with Gasteiger partial charge in [-0.25, -0.2) is 4.79 Å². The molecule has 7 heteroatoms. The first kappa shape index (κ1) is 18.0. The summed E-state index contributed by atoms with van der Waals surface area (Å²) in [6.45, 7) is 9.17. The van der Waals surface area contributed by atoms with Gasteiger partial charge in [-0.1, -0.05) is 11.6 Å². The van der Waals surface area contributed by atoms with Crippen molar-refractivity contribution in [1.29, 1.82) is 0 Å². The third kappa shape index (κ3) is 4.25. The minimum absolute atomic E-state index is 0.0701. The van der Waals surface area contributed by atoms with Crippen molar-refractivity contribution in [3.63, 3.8) is 0 Å². The average Bonchev–Trinajstić information content (AvgIpc) is 3.07. The van der Waals surface area contributed by atoms with Gasteiger partial charge in [-0.3, -0.25) is 4.79 Å². The molecule has 2 fully saturated rings. The molecule has 2 aliphatic rings. The van der Waals surface area contributed by atoms with Gasteiger partial charge in [0.1, 0.15) is 0 Å². The topological polar surface area (TPSA) is 73.5 Å². The van der Waals surface area contributed by atoms with Crippen LogP contribution in [-0.2, 0) is 0 Å². The maximum absolute atomic E-state index is 12.9. The minimum atomic E-state index is -0.337. The van der Waals surface area contributed by atoms with E-state index in [4.69, 9.17) is 11.6 Å². The second kappa shape index (κ2) is 6.84. The Balaban J connectivity index is 1.71. The highest BCUT2D eigenvalue weighted by molar-refractivity contribution is 6.34. The molecule has 0 saturated carbocycles. The third-order valence-electron chi connectivity index (χ3n) is 4.62. The number of likely N-dealkylation sites (tertiary alicyclic amines) is 1. The van der Waals surface area contributed by atoms with E-state index in [2.05, 4.69) is 16.0 Å². The fraction of sp³-hybridized carbons (Fsp3) is 0.556. The molecule has 2 aliphatic heterocycles. The number of urea groups is 1. The highest BCUT2D eigenvalue weighted by Crippen LogP contribution is 2.29. The maximum Gasteiger partial charge on any atom is 0.319 e. The number of anilines is 1. The lowest BCUT2D eigenvalue weighted by Crippen LogP contribution is -2.43. The standard InChI is InChI=1S/C18H25ClN4O2/c1-18(2,3)22-17(25)21-13-4-5-15(19)14(6-13)16(24)23-9-11-7-20-8-12(11)10-23/h4-6,11-12,20H,7-10H2,1-3H3,(H2,21,22,25)/t11-,12+. The second-order valence-corrected chi connectivity index (χ2v) is 8.32. The fourth-order valence-electron chi connectivity index (χ4n) is 3.46. The van der Waals surface area contributed by atoms with E-state index in [1.807, 2.05) is 25.7 Å². The number of fused-ring (bicyclic) bond motifs is 1. The summed E-state index contributed by atoms with van der Waals surface area (Å²) in [7, 11) is 0. The summed E-state index contributed by atoms with van der Waals surface area (Å²) in [6.07, 6.45) is 0. The number of nitrogens with zero attached hydrogens (tertiary/aromatic N) is 1. The van der Waals surface area contributed by atoms with E-state index in [9.17, 15) is 9.59 Å². The number of rotatable bonds is 2. The lowest BCUT2D eigenvalue weighted by atomic mass is 10.0. The van der Waals surface area contributed by atoms with Crippen LogP contribution in [0, 0.1) is 11.8 Å². The van der Waals surface area contributed by atoms with E-state index in [1.165, 1.54) is 0 Å². The third-order valence-corrected chi connectivity index (χ3v) is 4.95. The number of hydrogen-bond donors (Lipinski definition) is 3. The maximum atomic E-state index is 12.9.